The summed E-state index contributed by atoms with van der Waals surface area (Å²) >= 11 is 0. The fourth-order valence-corrected chi connectivity index (χ4v) is 3.82. The van der Waals surface area contributed by atoms with E-state index in [0.717, 1.165) is 42.2 Å². The van der Waals surface area contributed by atoms with Crippen LogP contribution in [0.3, 0.4) is 0 Å². The van der Waals surface area contributed by atoms with Crippen molar-refractivity contribution >= 4 is 0 Å². The molecule has 1 aliphatic carbocycles. The molecule has 3 rings (SSSR count). The van der Waals surface area contributed by atoms with Crippen molar-refractivity contribution in [2.24, 2.45) is 0 Å². The lowest BCUT2D eigenvalue weighted by Gasteiger charge is -2.25. The van der Waals surface area contributed by atoms with Crippen molar-refractivity contribution in [2.45, 2.75) is 71.3 Å². The predicted octanol–water partition coefficient (Wildman–Crippen LogP) is 4.01. The first-order valence-corrected chi connectivity index (χ1v) is 10.6. The Kier molecular flexibility index (Phi) is 8.09. The third-order valence-electron chi connectivity index (χ3n) is 5.54. The summed E-state index contributed by atoms with van der Waals surface area (Å²) in [7, 11) is 2.02. The minimum absolute atomic E-state index is 0.335. The molecular weight excluding hydrogens is 368 g/mol. The van der Waals surface area contributed by atoms with Gasteiger partial charge in [-0.15, -0.1) is 0 Å². The Labute approximate surface area is 173 Å². The number of aliphatic hydroxyl groups is 1. The SMILES string of the molecule is Cc1noc(C)c1COc1ccc(CN(C)CC(O)COC2CCCCC2)cc1. The average molecular weight is 403 g/mol. The van der Waals surface area contributed by atoms with Gasteiger partial charge in [-0.05, 0) is 51.4 Å². The molecule has 0 radical (unpaired) electrons. The largest absolute Gasteiger partial charge is 0.489 e. The molecule has 1 fully saturated rings. The third-order valence-corrected chi connectivity index (χ3v) is 5.54. The van der Waals surface area contributed by atoms with Crippen LogP contribution >= 0.6 is 0 Å². The molecule has 29 heavy (non-hydrogen) atoms. The van der Waals surface area contributed by atoms with Gasteiger partial charge in [0.15, 0.2) is 0 Å². The van der Waals surface area contributed by atoms with Crippen molar-refractivity contribution in [3.63, 3.8) is 0 Å². The maximum Gasteiger partial charge on any atom is 0.140 e. The van der Waals surface area contributed by atoms with Gasteiger partial charge in [0.1, 0.15) is 18.1 Å². The van der Waals surface area contributed by atoms with Crippen LogP contribution in [-0.2, 0) is 17.9 Å². The van der Waals surface area contributed by atoms with Crippen molar-refractivity contribution in [1.82, 2.24) is 10.1 Å². The van der Waals surface area contributed by atoms with E-state index < -0.39 is 6.10 Å². The lowest BCUT2D eigenvalue weighted by molar-refractivity contribution is -0.0319. The highest BCUT2D eigenvalue weighted by Crippen LogP contribution is 2.21. The molecule has 0 aliphatic heterocycles. The van der Waals surface area contributed by atoms with E-state index in [9.17, 15) is 5.11 Å². The fourth-order valence-electron chi connectivity index (χ4n) is 3.82. The molecule has 160 valence electrons. The van der Waals surface area contributed by atoms with E-state index in [1.807, 2.05) is 33.0 Å². The van der Waals surface area contributed by atoms with Gasteiger partial charge in [-0.3, -0.25) is 4.90 Å². The Morgan fingerprint density at radius 1 is 1.17 bits per heavy atom. The Bertz CT molecular complexity index is 718. The maximum absolute atomic E-state index is 10.3. The normalized spacial score (nSPS) is 16.3. The van der Waals surface area contributed by atoms with E-state index in [1.165, 1.54) is 24.8 Å². The van der Waals surface area contributed by atoms with Gasteiger partial charge in [0.2, 0.25) is 0 Å². The monoisotopic (exact) mass is 402 g/mol. The Hall–Kier alpha value is -1.89. The summed E-state index contributed by atoms with van der Waals surface area (Å²) in [6.07, 6.45) is 5.95. The van der Waals surface area contributed by atoms with Gasteiger partial charge in [-0.1, -0.05) is 36.6 Å². The van der Waals surface area contributed by atoms with E-state index in [-0.39, 0.29) is 0 Å². The number of aryl methyl sites for hydroxylation is 2. The molecule has 0 saturated heterocycles. The highest BCUT2D eigenvalue weighted by molar-refractivity contribution is 5.28. The number of likely N-dealkylation sites (N-methyl/N-ethyl adjacent to an activating group) is 1. The standard InChI is InChI=1S/C23H34N2O4/c1-17-23(18(2)29-24-17)16-28-22-11-9-19(10-12-22)13-25(3)14-20(26)15-27-21-7-5-4-6-8-21/h9-12,20-21,26H,4-8,13-16H2,1-3H3. The van der Waals surface area contributed by atoms with E-state index in [0.29, 0.717) is 25.9 Å². The lowest BCUT2D eigenvalue weighted by Crippen LogP contribution is -2.33. The van der Waals surface area contributed by atoms with E-state index in [4.69, 9.17) is 14.0 Å². The zero-order valence-corrected chi connectivity index (χ0v) is 17.9. The summed E-state index contributed by atoms with van der Waals surface area (Å²) in [5.41, 5.74) is 3.04. The first-order chi connectivity index (χ1) is 14.0. The van der Waals surface area contributed by atoms with Gasteiger partial charge in [0, 0.05) is 13.1 Å². The Morgan fingerprint density at radius 3 is 2.55 bits per heavy atom. The first kappa shape index (κ1) is 21.8. The van der Waals surface area contributed by atoms with Crippen LogP contribution in [0.25, 0.3) is 0 Å². The fraction of sp³-hybridized carbons (Fsp3) is 0.609. The van der Waals surface area contributed by atoms with E-state index in [2.05, 4.69) is 22.2 Å². The molecule has 1 aromatic carbocycles. The van der Waals surface area contributed by atoms with Crippen LogP contribution in [0.4, 0.5) is 0 Å². The second-order valence-corrected chi connectivity index (χ2v) is 8.18. The topological polar surface area (TPSA) is 68.0 Å². The quantitative estimate of drug-likeness (QED) is 0.648. The number of benzene rings is 1. The minimum atomic E-state index is -0.459. The molecule has 2 aromatic rings. The van der Waals surface area contributed by atoms with Crippen LogP contribution in [0.5, 0.6) is 5.75 Å². The van der Waals surface area contributed by atoms with Crippen LogP contribution < -0.4 is 4.74 Å². The average Bonchev–Trinajstić information content (AvgIpc) is 3.04. The highest BCUT2D eigenvalue weighted by Gasteiger charge is 2.16. The lowest BCUT2D eigenvalue weighted by atomic mass is 9.98. The first-order valence-electron chi connectivity index (χ1n) is 10.6. The zero-order chi connectivity index (χ0) is 20.6. The van der Waals surface area contributed by atoms with Gasteiger partial charge in [-0.25, -0.2) is 0 Å². The van der Waals surface area contributed by atoms with Crippen LogP contribution in [0.15, 0.2) is 28.8 Å². The minimum Gasteiger partial charge on any atom is -0.489 e. The number of aromatic nitrogens is 1. The third kappa shape index (κ3) is 6.84. The summed E-state index contributed by atoms with van der Waals surface area (Å²) in [5.74, 6) is 1.61. The molecule has 0 spiro atoms. The molecule has 0 amide bonds. The Morgan fingerprint density at radius 2 is 1.90 bits per heavy atom. The van der Waals surface area contributed by atoms with Gasteiger partial charge in [0.05, 0.1) is 30.1 Å². The number of hydrogen-bond acceptors (Lipinski definition) is 6. The summed E-state index contributed by atoms with van der Waals surface area (Å²) < 4.78 is 16.9. The molecule has 0 bridgehead atoms. The van der Waals surface area contributed by atoms with Crippen molar-refractivity contribution in [2.75, 3.05) is 20.2 Å². The predicted molar refractivity (Wildman–Crippen MR) is 112 cm³/mol. The van der Waals surface area contributed by atoms with Crippen LogP contribution in [0.2, 0.25) is 0 Å². The smallest absolute Gasteiger partial charge is 0.140 e. The molecule has 6 nitrogen and oxygen atoms in total. The van der Waals surface area contributed by atoms with Crippen molar-refractivity contribution in [3.05, 3.63) is 46.8 Å². The number of aliphatic hydroxyl groups excluding tert-OH is 1. The number of nitrogens with zero attached hydrogens (tertiary/aromatic N) is 2. The zero-order valence-electron chi connectivity index (χ0n) is 17.9. The Balaban J connectivity index is 1.39. The second kappa shape index (κ2) is 10.8. The van der Waals surface area contributed by atoms with E-state index in [1.54, 1.807) is 0 Å². The van der Waals surface area contributed by atoms with Gasteiger partial charge in [0.25, 0.3) is 0 Å². The molecule has 1 aliphatic rings. The number of hydrogen-bond donors (Lipinski definition) is 1. The maximum atomic E-state index is 10.3. The summed E-state index contributed by atoms with van der Waals surface area (Å²) in [4.78, 5) is 2.12. The van der Waals surface area contributed by atoms with Crippen molar-refractivity contribution in [1.29, 1.82) is 0 Å². The summed E-state index contributed by atoms with van der Waals surface area (Å²) in [5, 5.41) is 14.2. The summed E-state index contributed by atoms with van der Waals surface area (Å²) in [6, 6.07) is 8.07. The molecule has 1 atom stereocenters. The molecule has 1 heterocycles. The number of ether oxygens (including phenoxy) is 2. The molecule has 1 N–H and O–H groups in total. The van der Waals surface area contributed by atoms with Crippen LogP contribution in [0.1, 0.15) is 54.7 Å². The van der Waals surface area contributed by atoms with Gasteiger partial charge in [-0.2, -0.15) is 0 Å². The second-order valence-electron chi connectivity index (χ2n) is 8.18. The molecule has 1 aromatic heterocycles. The number of rotatable bonds is 10. The van der Waals surface area contributed by atoms with Gasteiger partial charge >= 0.3 is 0 Å². The van der Waals surface area contributed by atoms with Crippen LogP contribution in [0, 0.1) is 13.8 Å². The van der Waals surface area contributed by atoms with Gasteiger partial charge < -0.3 is 19.1 Å². The molecule has 1 unspecified atom stereocenters. The summed E-state index contributed by atoms with van der Waals surface area (Å²) in [6.45, 7) is 6.05. The molecular formula is C23H34N2O4. The highest BCUT2D eigenvalue weighted by atomic mass is 16.5. The molecule has 6 heteroatoms. The van der Waals surface area contributed by atoms with Crippen molar-refractivity contribution in [3.8, 4) is 5.75 Å². The molecule has 1 saturated carbocycles. The van der Waals surface area contributed by atoms with E-state index >= 15 is 0 Å². The van der Waals surface area contributed by atoms with Crippen molar-refractivity contribution < 1.29 is 19.1 Å². The van der Waals surface area contributed by atoms with Crippen LogP contribution in [-0.4, -0.2) is 47.6 Å².